The molecule has 0 bridgehead atoms. The Morgan fingerprint density at radius 3 is 2.17 bits per heavy atom. The molecule has 0 radical (unpaired) electrons. The molecule has 1 N–H and O–H groups in total. The predicted octanol–water partition coefficient (Wildman–Crippen LogP) is 5.10. The van der Waals surface area contributed by atoms with Crippen molar-refractivity contribution < 1.29 is 9.59 Å². The first kappa shape index (κ1) is 23.1. The first-order valence-electron chi connectivity index (χ1n) is 10.1. The monoisotopic (exact) mass is 458 g/mol. The highest BCUT2D eigenvalue weighted by Crippen LogP contribution is 2.18. The molecule has 5 heteroatoms. The van der Waals surface area contributed by atoms with E-state index in [1.165, 1.54) is 0 Å². The van der Waals surface area contributed by atoms with Crippen molar-refractivity contribution in [1.29, 1.82) is 0 Å². The molecule has 0 fully saturated rings. The van der Waals surface area contributed by atoms with Crippen LogP contribution in [0.5, 0.6) is 0 Å². The number of nitrogens with one attached hydrogen (secondary N) is 1. The van der Waals surface area contributed by atoms with Crippen LogP contribution in [-0.4, -0.2) is 28.3 Å². The summed E-state index contributed by atoms with van der Waals surface area (Å²) in [4.78, 5) is 28.0. The first-order chi connectivity index (χ1) is 13.7. The molecule has 1 atom stereocenters. The molecule has 2 amide bonds. The Bertz CT molecular complexity index is 798. The second kappa shape index (κ2) is 10.6. The van der Waals surface area contributed by atoms with Gasteiger partial charge in [0.2, 0.25) is 11.8 Å². The second-order valence-electron chi connectivity index (χ2n) is 8.34. The lowest BCUT2D eigenvalue weighted by Gasteiger charge is -2.34. The number of halogens is 1. The SMILES string of the molecule is CCCC(=O)N(Cc1ccc(Br)cc1)[C@@H](Cc1ccccc1)C(=O)NC(C)(C)C. The Kier molecular flexibility index (Phi) is 8.45. The Morgan fingerprint density at radius 1 is 1.00 bits per heavy atom. The average Bonchev–Trinajstić information content (AvgIpc) is 2.65. The molecule has 0 saturated carbocycles. The largest absolute Gasteiger partial charge is 0.350 e. The van der Waals surface area contributed by atoms with E-state index in [1.807, 2.05) is 82.3 Å². The molecule has 0 spiro atoms. The normalized spacial score (nSPS) is 12.3. The standard InChI is InChI=1S/C24H31BrN2O2/c1-5-9-22(28)27(17-19-12-14-20(25)15-13-19)21(23(29)26-24(2,3)4)16-18-10-7-6-8-11-18/h6-8,10-15,21H,5,9,16-17H2,1-4H3,(H,26,29)/t21-/m0/s1. The van der Waals surface area contributed by atoms with Crippen molar-refractivity contribution >= 4 is 27.7 Å². The zero-order valence-corrected chi connectivity index (χ0v) is 19.3. The van der Waals surface area contributed by atoms with E-state index >= 15 is 0 Å². The third-order valence-electron chi connectivity index (χ3n) is 4.50. The Balaban J connectivity index is 2.38. The first-order valence-corrected chi connectivity index (χ1v) is 10.9. The molecule has 0 aromatic heterocycles. The van der Waals surface area contributed by atoms with Crippen molar-refractivity contribution in [1.82, 2.24) is 10.2 Å². The third kappa shape index (κ3) is 7.65. The van der Waals surface area contributed by atoms with E-state index in [9.17, 15) is 9.59 Å². The molecule has 2 rings (SSSR count). The van der Waals surface area contributed by atoms with Crippen LogP contribution in [0.1, 0.15) is 51.7 Å². The van der Waals surface area contributed by atoms with E-state index in [4.69, 9.17) is 0 Å². The Morgan fingerprint density at radius 2 is 1.62 bits per heavy atom. The van der Waals surface area contributed by atoms with Crippen molar-refractivity contribution in [3.05, 3.63) is 70.2 Å². The topological polar surface area (TPSA) is 49.4 Å². The van der Waals surface area contributed by atoms with Crippen LogP contribution in [-0.2, 0) is 22.6 Å². The van der Waals surface area contributed by atoms with E-state index in [0.717, 1.165) is 22.0 Å². The summed E-state index contributed by atoms with van der Waals surface area (Å²) in [5.74, 6) is -0.122. The van der Waals surface area contributed by atoms with Gasteiger partial charge in [0, 0.05) is 29.4 Å². The van der Waals surface area contributed by atoms with Crippen LogP contribution in [0.4, 0.5) is 0 Å². The number of amides is 2. The molecule has 0 unspecified atom stereocenters. The molecule has 156 valence electrons. The molecule has 29 heavy (non-hydrogen) atoms. The zero-order valence-electron chi connectivity index (χ0n) is 17.7. The fourth-order valence-corrected chi connectivity index (χ4v) is 3.42. The van der Waals surface area contributed by atoms with Crippen molar-refractivity contribution in [2.45, 2.75) is 65.1 Å². The summed E-state index contributed by atoms with van der Waals surface area (Å²) < 4.78 is 0.985. The van der Waals surface area contributed by atoms with Gasteiger partial charge >= 0.3 is 0 Å². The van der Waals surface area contributed by atoms with Crippen molar-refractivity contribution in [3.63, 3.8) is 0 Å². The second-order valence-corrected chi connectivity index (χ2v) is 9.26. The van der Waals surface area contributed by atoms with Crippen molar-refractivity contribution in [2.75, 3.05) is 0 Å². The highest BCUT2D eigenvalue weighted by atomic mass is 79.9. The van der Waals surface area contributed by atoms with Gasteiger partial charge in [-0.25, -0.2) is 0 Å². The highest BCUT2D eigenvalue weighted by Gasteiger charge is 2.31. The molecule has 2 aromatic carbocycles. The number of carbonyl (C=O) groups excluding carboxylic acids is 2. The molecule has 2 aromatic rings. The van der Waals surface area contributed by atoms with Gasteiger partial charge in [-0.1, -0.05) is 65.3 Å². The van der Waals surface area contributed by atoms with Gasteiger partial charge in [0.05, 0.1) is 0 Å². The minimum atomic E-state index is -0.570. The summed E-state index contributed by atoms with van der Waals surface area (Å²) in [5, 5.41) is 3.07. The van der Waals surface area contributed by atoms with Gasteiger partial charge in [0.1, 0.15) is 6.04 Å². The Hall–Kier alpha value is -2.14. The fraction of sp³-hybridized carbons (Fsp3) is 0.417. The lowest BCUT2D eigenvalue weighted by molar-refractivity contribution is -0.142. The van der Waals surface area contributed by atoms with Crippen LogP contribution in [0, 0.1) is 0 Å². The average molecular weight is 459 g/mol. The van der Waals surface area contributed by atoms with Crippen LogP contribution in [0.3, 0.4) is 0 Å². The predicted molar refractivity (Wildman–Crippen MR) is 121 cm³/mol. The number of hydrogen-bond acceptors (Lipinski definition) is 2. The minimum absolute atomic E-state index is 0.000379. The van der Waals surface area contributed by atoms with E-state index in [2.05, 4.69) is 21.2 Å². The Labute approximate surface area is 182 Å². The number of rotatable bonds is 8. The van der Waals surface area contributed by atoms with Crippen molar-refractivity contribution in [3.8, 4) is 0 Å². The van der Waals surface area contributed by atoms with Crippen LogP contribution in [0.2, 0.25) is 0 Å². The van der Waals surface area contributed by atoms with E-state index in [-0.39, 0.29) is 17.4 Å². The maximum atomic E-state index is 13.2. The van der Waals surface area contributed by atoms with E-state index in [1.54, 1.807) is 4.90 Å². The third-order valence-corrected chi connectivity index (χ3v) is 5.03. The summed E-state index contributed by atoms with van der Waals surface area (Å²) in [6, 6.07) is 17.2. The number of benzene rings is 2. The van der Waals surface area contributed by atoms with E-state index < -0.39 is 6.04 Å². The summed E-state index contributed by atoms with van der Waals surface area (Å²) in [7, 11) is 0. The lowest BCUT2D eigenvalue weighted by atomic mass is 10.0. The van der Waals surface area contributed by atoms with Crippen molar-refractivity contribution in [2.24, 2.45) is 0 Å². The maximum Gasteiger partial charge on any atom is 0.243 e. The van der Waals surface area contributed by atoms with Crippen LogP contribution < -0.4 is 5.32 Å². The molecule has 0 heterocycles. The van der Waals surface area contributed by atoms with Gasteiger partial charge < -0.3 is 10.2 Å². The molecule has 0 aliphatic rings. The van der Waals surface area contributed by atoms with Gasteiger partial charge in [0.15, 0.2) is 0 Å². The molecule has 0 saturated heterocycles. The molecular formula is C24H31BrN2O2. The number of hydrogen-bond donors (Lipinski definition) is 1. The quantitative estimate of drug-likeness (QED) is 0.597. The minimum Gasteiger partial charge on any atom is -0.350 e. The van der Waals surface area contributed by atoms with E-state index in [0.29, 0.717) is 19.4 Å². The summed E-state index contributed by atoms with van der Waals surface area (Å²) in [6.07, 6.45) is 1.65. The summed E-state index contributed by atoms with van der Waals surface area (Å²) in [5.41, 5.74) is 1.66. The van der Waals surface area contributed by atoms with Gasteiger partial charge in [-0.05, 0) is 50.5 Å². The van der Waals surface area contributed by atoms with Gasteiger partial charge in [0.25, 0.3) is 0 Å². The van der Waals surface area contributed by atoms with Gasteiger partial charge in [-0.2, -0.15) is 0 Å². The lowest BCUT2D eigenvalue weighted by Crippen LogP contribution is -2.54. The van der Waals surface area contributed by atoms with Crippen LogP contribution in [0.15, 0.2) is 59.1 Å². The van der Waals surface area contributed by atoms with Crippen LogP contribution >= 0.6 is 15.9 Å². The molecule has 0 aliphatic heterocycles. The van der Waals surface area contributed by atoms with Gasteiger partial charge in [-0.3, -0.25) is 9.59 Å². The zero-order chi connectivity index (χ0) is 21.4. The summed E-state index contributed by atoms with van der Waals surface area (Å²) in [6.45, 7) is 8.25. The smallest absolute Gasteiger partial charge is 0.243 e. The molecule has 4 nitrogen and oxygen atoms in total. The molecular weight excluding hydrogens is 428 g/mol. The van der Waals surface area contributed by atoms with Crippen LogP contribution in [0.25, 0.3) is 0 Å². The fourth-order valence-electron chi connectivity index (χ4n) is 3.15. The summed E-state index contributed by atoms with van der Waals surface area (Å²) >= 11 is 3.45. The number of nitrogens with zero attached hydrogens (tertiary/aromatic N) is 1. The van der Waals surface area contributed by atoms with Gasteiger partial charge in [-0.15, -0.1) is 0 Å². The number of carbonyl (C=O) groups is 2. The highest BCUT2D eigenvalue weighted by molar-refractivity contribution is 9.10. The maximum absolute atomic E-state index is 13.2. The molecule has 0 aliphatic carbocycles.